The van der Waals surface area contributed by atoms with E-state index in [1.54, 1.807) is 58.0 Å². The zero-order chi connectivity index (χ0) is 30.1. The van der Waals surface area contributed by atoms with Gasteiger partial charge in [0.2, 0.25) is 0 Å². The van der Waals surface area contributed by atoms with Gasteiger partial charge in [-0.25, -0.2) is 4.79 Å². The van der Waals surface area contributed by atoms with Crippen molar-refractivity contribution >= 4 is 23.7 Å². The van der Waals surface area contributed by atoms with Crippen LogP contribution >= 0.6 is 0 Å². The number of hydrogen-bond acceptors (Lipinski definition) is 10. The minimum atomic E-state index is -1.26. The van der Waals surface area contributed by atoms with Gasteiger partial charge in [0.25, 0.3) is 0 Å². The molecule has 1 N–H and O–H groups in total. The Hall–Kier alpha value is -2.82. The van der Waals surface area contributed by atoms with Crippen LogP contribution in [-0.4, -0.2) is 76.6 Å². The standard InChI is InChI=1S/C31H40O10/c1-15-14-31-22(23(15)39-28(36)19-11-9-8-10-12-19)27-30(7,41-27)21(38-18(4)33)13-20(37-17(3)32)29(5,6)26(35)24(40-31)16(2)25(31)34/h8-12,15-16,20-25,27,34H,13-14H2,1-7H3. The van der Waals surface area contributed by atoms with Crippen LogP contribution in [0.5, 0.6) is 0 Å². The third-order valence-electron chi connectivity index (χ3n) is 9.79. The number of carbonyl (C=O) groups is 4. The van der Waals surface area contributed by atoms with E-state index in [0.717, 1.165) is 0 Å². The molecule has 0 radical (unpaired) electrons. The van der Waals surface area contributed by atoms with Gasteiger partial charge < -0.3 is 28.8 Å². The highest BCUT2D eigenvalue weighted by Gasteiger charge is 2.76. The molecule has 10 heteroatoms. The van der Waals surface area contributed by atoms with Crippen molar-refractivity contribution in [3.8, 4) is 0 Å². The average Bonchev–Trinajstić information content (AvgIpc) is 3.42. The van der Waals surface area contributed by atoms with Crippen LogP contribution in [-0.2, 0) is 38.1 Å². The summed E-state index contributed by atoms with van der Waals surface area (Å²) < 4.78 is 30.6. The van der Waals surface area contributed by atoms with Crippen molar-refractivity contribution in [2.45, 2.75) is 109 Å². The van der Waals surface area contributed by atoms with Crippen LogP contribution in [0.3, 0.4) is 0 Å². The molecule has 5 rings (SSSR count). The Bertz CT molecular complexity index is 1230. The molecule has 41 heavy (non-hydrogen) atoms. The molecule has 10 nitrogen and oxygen atoms in total. The fourth-order valence-electron chi connectivity index (χ4n) is 7.47. The highest BCUT2D eigenvalue weighted by atomic mass is 16.7. The van der Waals surface area contributed by atoms with Crippen molar-refractivity contribution in [3.63, 3.8) is 0 Å². The molecule has 4 aliphatic rings. The molecule has 1 aromatic carbocycles. The lowest BCUT2D eigenvalue weighted by Crippen LogP contribution is -2.52. The molecule has 3 saturated heterocycles. The second kappa shape index (κ2) is 10.2. The van der Waals surface area contributed by atoms with Gasteiger partial charge in [-0.3, -0.25) is 14.4 Å². The van der Waals surface area contributed by atoms with E-state index < -0.39 is 83.0 Å². The number of fused-ring (bicyclic) bond motifs is 3. The van der Waals surface area contributed by atoms with E-state index in [4.69, 9.17) is 23.7 Å². The highest BCUT2D eigenvalue weighted by Crippen LogP contribution is 2.62. The molecule has 224 valence electrons. The Morgan fingerprint density at radius 2 is 1.54 bits per heavy atom. The van der Waals surface area contributed by atoms with Crippen LogP contribution < -0.4 is 0 Å². The third-order valence-corrected chi connectivity index (χ3v) is 9.79. The number of Topliss-reactive ketones (excluding diaryl/α,β-unsaturated/α-hetero) is 1. The quantitative estimate of drug-likeness (QED) is 0.325. The molecule has 1 aliphatic carbocycles. The zero-order valence-electron chi connectivity index (χ0n) is 24.6. The Balaban J connectivity index is 1.62. The maximum Gasteiger partial charge on any atom is 0.338 e. The Morgan fingerprint density at radius 1 is 0.927 bits per heavy atom. The zero-order valence-corrected chi connectivity index (χ0v) is 24.6. The molecule has 0 aromatic heterocycles. The Morgan fingerprint density at radius 3 is 2.15 bits per heavy atom. The van der Waals surface area contributed by atoms with Gasteiger partial charge in [-0.05, 0) is 45.2 Å². The highest BCUT2D eigenvalue weighted by molar-refractivity contribution is 5.90. The average molecular weight is 573 g/mol. The van der Waals surface area contributed by atoms with Gasteiger partial charge in [-0.15, -0.1) is 0 Å². The monoisotopic (exact) mass is 572 g/mol. The number of benzene rings is 1. The molecule has 11 unspecified atom stereocenters. The number of ketones is 1. The fraction of sp³-hybridized carbons (Fsp3) is 0.677. The molecule has 1 saturated carbocycles. The number of hydrogen-bond donors (Lipinski definition) is 1. The number of ether oxygens (including phenoxy) is 5. The topological polar surface area (TPSA) is 138 Å². The number of rotatable bonds is 4. The van der Waals surface area contributed by atoms with E-state index in [1.807, 2.05) is 6.92 Å². The lowest BCUT2D eigenvalue weighted by atomic mass is 9.71. The second-order valence-electron chi connectivity index (χ2n) is 13.0. The van der Waals surface area contributed by atoms with Crippen molar-refractivity contribution in [2.24, 2.45) is 23.2 Å². The summed E-state index contributed by atoms with van der Waals surface area (Å²) in [6, 6.07) is 8.63. The first kappa shape index (κ1) is 29.7. The molecule has 11 atom stereocenters. The Kier molecular flexibility index (Phi) is 7.36. The molecule has 0 amide bonds. The van der Waals surface area contributed by atoms with E-state index in [9.17, 15) is 24.3 Å². The van der Waals surface area contributed by atoms with Gasteiger partial charge in [0.1, 0.15) is 41.7 Å². The summed E-state index contributed by atoms with van der Waals surface area (Å²) in [6.45, 7) is 11.4. The summed E-state index contributed by atoms with van der Waals surface area (Å²) >= 11 is 0. The van der Waals surface area contributed by atoms with Crippen molar-refractivity contribution in [1.82, 2.24) is 0 Å². The van der Waals surface area contributed by atoms with Crippen LogP contribution in [0.1, 0.15) is 71.7 Å². The van der Waals surface area contributed by atoms with Crippen LogP contribution in [0.2, 0.25) is 0 Å². The molecule has 1 spiro atoms. The third kappa shape index (κ3) is 4.77. The van der Waals surface area contributed by atoms with Gasteiger partial charge in [0.05, 0.1) is 23.0 Å². The summed E-state index contributed by atoms with van der Waals surface area (Å²) in [5.41, 5.74) is -3.22. The van der Waals surface area contributed by atoms with E-state index in [0.29, 0.717) is 12.0 Å². The number of esters is 3. The number of aliphatic hydroxyl groups excluding tert-OH is 1. The number of carbonyl (C=O) groups excluding carboxylic acids is 4. The van der Waals surface area contributed by atoms with Crippen LogP contribution in [0.15, 0.2) is 30.3 Å². The summed E-state index contributed by atoms with van der Waals surface area (Å²) in [5.74, 6) is -3.49. The summed E-state index contributed by atoms with van der Waals surface area (Å²) in [4.78, 5) is 51.9. The molecule has 3 aliphatic heterocycles. The van der Waals surface area contributed by atoms with Crippen molar-refractivity contribution < 1.29 is 48.0 Å². The normalized spacial score (nSPS) is 42.7. The SMILES string of the molecule is CC(=O)OC1CC(OC(C)=O)C2(C)OC2C2C(OC(=O)c3ccccc3)C(C)CC23OC(C(=O)C1(C)C)C(C)C3O. The minimum Gasteiger partial charge on any atom is -0.461 e. The molecule has 2 bridgehead atoms. The molecule has 4 fully saturated rings. The molecular weight excluding hydrogens is 532 g/mol. The van der Waals surface area contributed by atoms with E-state index in [1.165, 1.54) is 13.8 Å². The van der Waals surface area contributed by atoms with Crippen LogP contribution in [0, 0.1) is 23.2 Å². The molecule has 1 aromatic rings. The number of epoxide rings is 1. The van der Waals surface area contributed by atoms with Crippen molar-refractivity contribution in [1.29, 1.82) is 0 Å². The first-order valence-corrected chi connectivity index (χ1v) is 14.3. The summed E-state index contributed by atoms with van der Waals surface area (Å²) in [5, 5.41) is 11.8. The smallest absolute Gasteiger partial charge is 0.338 e. The van der Waals surface area contributed by atoms with Crippen LogP contribution in [0.25, 0.3) is 0 Å². The predicted molar refractivity (Wildman–Crippen MR) is 143 cm³/mol. The second-order valence-corrected chi connectivity index (χ2v) is 13.0. The van der Waals surface area contributed by atoms with Gasteiger partial charge >= 0.3 is 17.9 Å². The largest absolute Gasteiger partial charge is 0.461 e. The van der Waals surface area contributed by atoms with Crippen molar-refractivity contribution in [3.05, 3.63) is 35.9 Å². The summed E-state index contributed by atoms with van der Waals surface area (Å²) in [6.07, 6.45) is -4.99. The maximum absolute atomic E-state index is 14.2. The van der Waals surface area contributed by atoms with E-state index >= 15 is 0 Å². The first-order chi connectivity index (χ1) is 19.1. The lowest BCUT2D eigenvalue weighted by molar-refractivity contribution is -0.171. The summed E-state index contributed by atoms with van der Waals surface area (Å²) in [7, 11) is 0. The minimum absolute atomic E-state index is 0.0122. The van der Waals surface area contributed by atoms with Gasteiger partial charge in [-0.1, -0.05) is 32.0 Å². The number of aliphatic hydroxyl groups is 1. The van der Waals surface area contributed by atoms with E-state index in [-0.39, 0.29) is 18.1 Å². The Labute approximate surface area is 240 Å². The maximum atomic E-state index is 14.2. The van der Waals surface area contributed by atoms with E-state index in [2.05, 4.69) is 0 Å². The van der Waals surface area contributed by atoms with Gasteiger partial charge in [-0.2, -0.15) is 0 Å². The van der Waals surface area contributed by atoms with Gasteiger partial charge in [0.15, 0.2) is 5.78 Å². The molecular formula is C31H40O10. The first-order valence-electron chi connectivity index (χ1n) is 14.3. The molecule has 3 heterocycles. The van der Waals surface area contributed by atoms with Gasteiger partial charge in [0, 0.05) is 26.2 Å². The fourth-order valence-corrected chi connectivity index (χ4v) is 7.47. The van der Waals surface area contributed by atoms with Crippen molar-refractivity contribution in [2.75, 3.05) is 0 Å². The van der Waals surface area contributed by atoms with Crippen LogP contribution in [0.4, 0.5) is 0 Å². The lowest BCUT2D eigenvalue weighted by Gasteiger charge is -2.37. The predicted octanol–water partition coefficient (Wildman–Crippen LogP) is 3.02.